The summed E-state index contributed by atoms with van der Waals surface area (Å²) in [6.07, 6.45) is 0.742. The first-order valence-corrected chi connectivity index (χ1v) is 4.19. The minimum Gasteiger partial charge on any atom is -0.399 e. The lowest BCUT2D eigenvalue weighted by Crippen LogP contribution is -1.84. The molecule has 0 saturated carbocycles. The fourth-order valence-corrected chi connectivity index (χ4v) is 1.50. The maximum Gasteiger partial charge on any atom is 0.124 e. The van der Waals surface area contributed by atoms with Gasteiger partial charge in [-0.15, -0.1) is 0 Å². The van der Waals surface area contributed by atoms with Crippen LogP contribution in [0.3, 0.4) is 0 Å². The first-order valence-electron chi connectivity index (χ1n) is 4.19. The zero-order valence-corrected chi connectivity index (χ0v) is 7.34. The summed E-state index contributed by atoms with van der Waals surface area (Å²) in [4.78, 5) is 2.99. The highest BCUT2D eigenvalue weighted by molar-refractivity contribution is 5.86. The van der Waals surface area contributed by atoms with Gasteiger partial charge in [-0.05, 0) is 19.1 Å². The van der Waals surface area contributed by atoms with E-state index in [2.05, 4.69) is 4.98 Å². The zero-order valence-electron chi connectivity index (χ0n) is 7.34. The average Bonchev–Trinajstić information content (AvgIpc) is 2.46. The molecule has 2 rings (SSSR count). The number of alkyl halides is 1. The van der Waals surface area contributed by atoms with Gasteiger partial charge in [0, 0.05) is 28.4 Å². The molecule has 1 aromatic heterocycles. The third-order valence-corrected chi connectivity index (χ3v) is 2.17. The second-order valence-corrected chi connectivity index (χ2v) is 3.17. The molecule has 0 bridgehead atoms. The molecule has 68 valence electrons. The van der Waals surface area contributed by atoms with Gasteiger partial charge in [-0.25, -0.2) is 4.39 Å². The van der Waals surface area contributed by atoms with E-state index < -0.39 is 6.17 Å². The Hall–Kier alpha value is -1.51. The van der Waals surface area contributed by atoms with Gasteiger partial charge in [0.2, 0.25) is 0 Å². The van der Waals surface area contributed by atoms with Crippen LogP contribution in [0.15, 0.2) is 24.4 Å². The number of aromatic nitrogens is 1. The van der Waals surface area contributed by atoms with Gasteiger partial charge in [-0.3, -0.25) is 0 Å². The fraction of sp³-hybridized carbons (Fsp3) is 0.200. The van der Waals surface area contributed by atoms with Crippen LogP contribution >= 0.6 is 0 Å². The van der Waals surface area contributed by atoms with Gasteiger partial charge in [0.05, 0.1) is 0 Å². The molecule has 3 heteroatoms. The smallest absolute Gasteiger partial charge is 0.124 e. The summed E-state index contributed by atoms with van der Waals surface area (Å²) in [6.45, 7) is 1.53. The minimum atomic E-state index is -0.947. The average molecular weight is 178 g/mol. The largest absolute Gasteiger partial charge is 0.399 e. The molecular formula is C10H11FN2. The standard InChI is InChI=1S/C10H11FN2/c1-6(11)9-5-13-10-4-7(12)2-3-8(9)10/h2-6,13H,12H2,1H3. The van der Waals surface area contributed by atoms with Crippen molar-refractivity contribution in [3.63, 3.8) is 0 Å². The number of H-pyrrole nitrogens is 1. The highest BCUT2D eigenvalue weighted by Crippen LogP contribution is 2.27. The van der Waals surface area contributed by atoms with E-state index in [4.69, 9.17) is 5.73 Å². The molecule has 13 heavy (non-hydrogen) atoms. The lowest BCUT2D eigenvalue weighted by atomic mass is 10.1. The number of nitrogens with two attached hydrogens (primary N) is 1. The summed E-state index contributed by atoms with van der Waals surface area (Å²) in [7, 11) is 0. The molecule has 0 amide bonds. The molecule has 0 aliphatic heterocycles. The van der Waals surface area contributed by atoms with Crippen LogP contribution in [0.25, 0.3) is 10.9 Å². The number of anilines is 1. The van der Waals surface area contributed by atoms with Crippen molar-refractivity contribution in [2.24, 2.45) is 0 Å². The Morgan fingerprint density at radius 1 is 1.46 bits per heavy atom. The number of hydrogen-bond donors (Lipinski definition) is 2. The van der Waals surface area contributed by atoms with Crippen molar-refractivity contribution < 1.29 is 4.39 Å². The first kappa shape index (κ1) is 8.10. The van der Waals surface area contributed by atoms with Crippen molar-refractivity contribution in [2.45, 2.75) is 13.1 Å². The summed E-state index contributed by atoms with van der Waals surface area (Å²) in [5, 5.41) is 0.907. The van der Waals surface area contributed by atoms with Crippen LogP contribution in [0.4, 0.5) is 10.1 Å². The lowest BCUT2D eigenvalue weighted by molar-refractivity contribution is 0.376. The van der Waals surface area contributed by atoms with Gasteiger partial charge in [0.25, 0.3) is 0 Å². The Kier molecular flexibility index (Phi) is 1.72. The zero-order chi connectivity index (χ0) is 9.42. The third kappa shape index (κ3) is 1.26. The van der Waals surface area contributed by atoms with E-state index in [9.17, 15) is 4.39 Å². The number of rotatable bonds is 1. The number of fused-ring (bicyclic) bond motifs is 1. The monoisotopic (exact) mass is 178 g/mol. The Bertz CT molecular complexity index is 431. The number of benzene rings is 1. The minimum absolute atomic E-state index is 0.687. The van der Waals surface area contributed by atoms with Gasteiger partial charge < -0.3 is 10.7 Å². The Balaban J connectivity index is 2.69. The Morgan fingerprint density at radius 2 is 2.23 bits per heavy atom. The molecule has 0 aliphatic carbocycles. The summed E-state index contributed by atoms with van der Waals surface area (Å²) in [5.74, 6) is 0. The van der Waals surface area contributed by atoms with E-state index in [0.29, 0.717) is 11.3 Å². The second-order valence-electron chi connectivity index (χ2n) is 3.17. The van der Waals surface area contributed by atoms with Gasteiger partial charge in [-0.2, -0.15) is 0 Å². The first-order chi connectivity index (χ1) is 6.18. The molecule has 3 N–H and O–H groups in total. The fourth-order valence-electron chi connectivity index (χ4n) is 1.50. The van der Waals surface area contributed by atoms with Gasteiger partial charge >= 0.3 is 0 Å². The SMILES string of the molecule is CC(F)c1c[nH]c2cc(N)ccc12. The van der Waals surface area contributed by atoms with Gasteiger partial charge in [-0.1, -0.05) is 6.07 Å². The number of aromatic amines is 1. The third-order valence-electron chi connectivity index (χ3n) is 2.17. The van der Waals surface area contributed by atoms with Crippen molar-refractivity contribution in [3.8, 4) is 0 Å². The maximum atomic E-state index is 13.0. The van der Waals surface area contributed by atoms with E-state index in [1.807, 2.05) is 6.07 Å². The highest BCUT2D eigenvalue weighted by atomic mass is 19.1. The van der Waals surface area contributed by atoms with Crippen LogP contribution in [0.1, 0.15) is 18.7 Å². The van der Waals surface area contributed by atoms with Crippen molar-refractivity contribution in [1.29, 1.82) is 0 Å². The number of nitrogen functional groups attached to an aromatic ring is 1. The lowest BCUT2D eigenvalue weighted by Gasteiger charge is -1.99. The number of halogens is 1. The predicted octanol–water partition coefficient (Wildman–Crippen LogP) is 2.78. The number of hydrogen-bond acceptors (Lipinski definition) is 1. The molecule has 1 atom stereocenters. The maximum absolute atomic E-state index is 13.0. The van der Waals surface area contributed by atoms with Gasteiger partial charge in [0.1, 0.15) is 6.17 Å². The molecular weight excluding hydrogens is 167 g/mol. The van der Waals surface area contributed by atoms with Crippen LogP contribution < -0.4 is 5.73 Å². The van der Waals surface area contributed by atoms with Crippen molar-refractivity contribution in [2.75, 3.05) is 5.73 Å². The van der Waals surface area contributed by atoms with Crippen molar-refractivity contribution >= 4 is 16.6 Å². The molecule has 0 radical (unpaired) electrons. The van der Waals surface area contributed by atoms with E-state index in [0.717, 1.165) is 10.9 Å². The number of nitrogens with one attached hydrogen (secondary N) is 1. The van der Waals surface area contributed by atoms with Crippen LogP contribution in [0.2, 0.25) is 0 Å². The molecule has 2 nitrogen and oxygen atoms in total. The van der Waals surface area contributed by atoms with Crippen molar-refractivity contribution in [1.82, 2.24) is 4.98 Å². The molecule has 0 aliphatic rings. The quantitative estimate of drug-likeness (QED) is 0.648. The summed E-state index contributed by atoms with van der Waals surface area (Å²) >= 11 is 0. The molecule has 0 spiro atoms. The molecule has 1 aromatic carbocycles. The van der Waals surface area contributed by atoms with Crippen LogP contribution in [-0.2, 0) is 0 Å². The van der Waals surface area contributed by atoms with Crippen LogP contribution in [0.5, 0.6) is 0 Å². The van der Waals surface area contributed by atoms with E-state index >= 15 is 0 Å². The van der Waals surface area contributed by atoms with E-state index in [1.165, 1.54) is 6.92 Å². The molecule has 0 fully saturated rings. The summed E-state index contributed by atoms with van der Waals surface area (Å²) < 4.78 is 13.0. The van der Waals surface area contributed by atoms with E-state index in [1.54, 1.807) is 18.3 Å². The predicted molar refractivity (Wildman–Crippen MR) is 52.2 cm³/mol. The summed E-state index contributed by atoms with van der Waals surface area (Å²) in [5.41, 5.74) is 7.86. The van der Waals surface area contributed by atoms with Gasteiger partial charge in [0.15, 0.2) is 0 Å². The topological polar surface area (TPSA) is 41.8 Å². The molecule has 2 aromatic rings. The van der Waals surface area contributed by atoms with Crippen molar-refractivity contribution in [3.05, 3.63) is 30.0 Å². The molecule has 1 heterocycles. The van der Waals surface area contributed by atoms with E-state index in [-0.39, 0.29) is 0 Å². The summed E-state index contributed by atoms with van der Waals surface area (Å²) in [6, 6.07) is 5.43. The molecule has 0 saturated heterocycles. The molecule has 1 unspecified atom stereocenters. The normalized spacial score (nSPS) is 13.4. The second kappa shape index (κ2) is 2.76. The highest BCUT2D eigenvalue weighted by Gasteiger charge is 2.09. The Labute approximate surface area is 75.6 Å². The van der Waals surface area contributed by atoms with Crippen LogP contribution in [0, 0.1) is 0 Å². The Morgan fingerprint density at radius 3 is 2.92 bits per heavy atom. The van der Waals surface area contributed by atoms with Crippen LogP contribution in [-0.4, -0.2) is 4.98 Å².